The van der Waals surface area contributed by atoms with E-state index in [1.807, 2.05) is 42.9 Å². The van der Waals surface area contributed by atoms with Gasteiger partial charge in [0.2, 0.25) is 5.91 Å². The van der Waals surface area contributed by atoms with Gasteiger partial charge >= 0.3 is 0 Å². The molecule has 0 unspecified atom stereocenters. The van der Waals surface area contributed by atoms with Crippen LogP contribution in [0.3, 0.4) is 0 Å². The number of imidazole rings is 1. The van der Waals surface area contributed by atoms with E-state index in [9.17, 15) is 9.59 Å². The van der Waals surface area contributed by atoms with Gasteiger partial charge in [-0.05, 0) is 19.1 Å². The van der Waals surface area contributed by atoms with Crippen molar-refractivity contribution in [3.05, 3.63) is 42.2 Å². The van der Waals surface area contributed by atoms with Gasteiger partial charge in [-0.2, -0.15) is 0 Å². The third kappa shape index (κ3) is 3.77. The number of benzene rings is 1. The molecule has 1 N–H and O–H groups in total. The Kier molecular flexibility index (Phi) is 5.16. The summed E-state index contributed by atoms with van der Waals surface area (Å²) in [6.07, 6.45) is 3.86. The van der Waals surface area contributed by atoms with Crippen molar-refractivity contribution in [2.45, 2.75) is 19.4 Å². The highest BCUT2D eigenvalue weighted by molar-refractivity contribution is 5.95. The van der Waals surface area contributed by atoms with Crippen LogP contribution in [0.4, 0.5) is 0 Å². The Morgan fingerprint density at radius 1 is 1.39 bits per heavy atom. The van der Waals surface area contributed by atoms with E-state index < -0.39 is 0 Å². The summed E-state index contributed by atoms with van der Waals surface area (Å²) in [4.78, 5) is 30.0. The number of hydrogen-bond donors (Lipinski definition) is 1. The largest absolute Gasteiger partial charge is 0.359 e. The van der Waals surface area contributed by atoms with E-state index in [1.54, 1.807) is 31.3 Å². The second-order valence-electron chi connectivity index (χ2n) is 5.58. The summed E-state index contributed by atoms with van der Waals surface area (Å²) >= 11 is 0. The molecule has 0 aliphatic heterocycles. The highest BCUT2D eigenvalue weighted by Crippen LogP contribution is 2.19. The molecule has 6 nitrogen and oxygen atoms in total. The summed E-state index contributed by atoms with van der Waals surface area (Å²) in [5.74, 6) is 0.608. The average molecular weight is 314 g/mol. The highest BCUT2D eigenvalue weighted by Gasteiger charge is 2.20. The number of carbonyl (C=O) groups is 2. The average Bonchev–Trinajstić information content (AvgIpc) is 2.99. The second kappa shape index (κ2) is 7.09. The number of carbonyl (C=O) groups excluding carboxylic acids is 2. The van der Waals surface area contributed by atoms with Crippen LogP contribution in [0.25, 0.3) is 11.4 Å². The summed E-state index contributed by atoms with van der Waals surface area (Å²) < 4.78 is 1.90. The van der Waals surface area contributed by atoms with Gasteiger partial charge in [-0.15, -0.1) is 0 Å². The first-order valence-corrected chi connectivity index (χ1v) is 7.49. The molecular formula is C17H22N4O2. The molecule has 2 rings (SSSR count). The first kappa shape index (κ1) is 16.7. The van der Waals surface area contributed by atoms with Crippen LogP contribution in [0.5, 0.6) is 0 Å². The molecular weight excluding hydrogens is 292 g/mol. The van der Waals surface area contributed by atoms with Crippen molar-refractivity contribution >= 4 is 11.8 Å². The number of nitrogens with zero attached hydrogens (tertiary/aromatic N) is 3. The minimum atomic E-state index is -0.181. The predicted molar refractivity (Wildman–Crippen MR) is 88.9 cm³/mol. The van der Waals surface area contributed by atoms with Crippen molar-refractivity contribution in [2.24, 2.45) is 7.05 Å². The molecule has 2 aromatic rings. The van der Waals surface area contributed by atoms with Gasteiger partial charge in [0.15, 0.2) is 0 Å². The van der Waals surface area contributed by atoms with Crippen molar-refractivity contribution < 1.29 is 9.59 Å². The molecule has 2 amide bonds. The van der Waals surface area contributed by atoms with Crippen molar-refractivity contribution in [1.82, 2.24) is 19.8 Å². The number of hydrogen-bond acceptors (Lipinski definition) is 3. The number of rotatable bonds is 5. The molecule has 6 heteroatoms. The molecule has 1 aromatic heterocycles. The van der Waals surface area contributed by atoms with Crippen LogP contribution in [-0.2, 0) is 11.8 Å². The monoisotopic (exact) mass is 314 g/mol. The van der Waals surface area contributed by atoms with Gasteiger partial charge in [0, 0.05) is 57.1 Å². The lowest BCUT2D eigenvalue weighted by molar-refractivity contribution is -0.121. The fraction of sp³-hybridized carbons (Fsp3) is 0.353. The molecule has 1 aromatic carbocycles. The summed E-state index contributed by atoms with van der Waals surface area (Å²) in [7, 11) is 5.21. The van der Waals surface area contributed by atoms with Crippen LogP contribution < -0.4 is 5.32 Å². The van der Waals surface area contributed by atoms with Gasteiger partial charge in [-0.3, -0.25) is 9.59 Å². The Balaban J connectivity index is 2.20. The lowest BCUT2D eigenvalue weighted by Crippen LogP contribution is -2.38. The van der Waals surface area contributed by atoms with Gasteiger partial charge in [0.1, 0.15) is 5.82 Å². The molecule has 0 saturated heterocycles. The van der Waals surface area contributed by atoms with Crippen LogP contribution in [0.15, 0.2) is 36.7 Å². The van der Waals surface area contributed by atoms with E-state index in [1.165, 1.54) is 0 Å². The molecule has 0 saturated carbocycles. The Bertz CT molecular complexity index is 708. The molecule has 0 bridgehead atoms. The zero-order valence-electron chi connectivity index (χ0n) is 13.9. The predicted octanol–water partition coefficient (Wildman–Crippen LogP) is 1.68. The van der Waals surface area contributed by atoms with E-state index in [0.29, 0.717) is 5.56 Å². The molecule has 23 heavy (non-hydrogen) atoms. The molecule has 1 heterocycles. The third-order valence-electron chi connectivity index (χ3n) is 3.93. The Labute approximate surface area is 136 Å². The quantitative estimate of drug-likeness (QED) is 0.913. The summed E-state index contributed by atoms with van der Waals surface area (Å²) in [6.45, 7) is 1.86. The zero-order valence-corrected chi connectivity index (χ0v) is 13.9. The van der Waals surface area contributed by atoms with Crippen LogP contribution >= 0.6 is 0 Å². The summed E-state index contributed by atoms with van der Waals surface area (Å²) in [5.41, 5.74) is 1.47. The maximum Gasteiger partial charge on any atom is 0.253 e. The fourth-order valence-electron chi connectivity index (χ4n) is 2.35. The van der Waals surface area contributed by atoms with Crippen LogP contribution in [0, 0.1) is 0 Å². The van der Waals surface area contributed by atoms with Gasteiger partial charge in [0.05, 0.1) is 0 Å². The molecule has 122 valence electrons. The minimum Gasteiger partial charge on any atom is -0.359 e. The van der Waals surface area contributed by atoms with Crippen molar-refractivity contribution in [3.8, 4) is 11.4 Å². The number of aryl methyl sites for hydroxylation is 1. The van der Waals surface area contributed by atoms with Crippen molar-refractivity contribution in [3.63, 3.8) is 0 Å². The molecule has 0 fully saturated rings. The third-order valence-corrected chi connectivity index (χ3v) is 3.93. The number of nitrogens with one attached hydrogen (secondary N) is 1. The van der Waals surface area contributed by atoms with E-state index in [4.69, 9.17) is 0 Å². The second-order valence-corrected chi connectivity index (χ2v) is 5.58. The van der Waals surface area contributed by atoms with Crippen LogP contribution in [-0.4, -0.2) is 46.4 Å². The van der Waals surface area contributed by atoms with Gasteiger partial charge in [-0.1, -0.05) is 12.1 Å². The smallest absolute Gasteiger partial charge is 0.253 e. The van der Waals surface area contributed by atoms with E-state index >= 15 is 0 Å². The standard InChI is InChI=1S/C17H22N4O2/c1-12(10-15(22)18-2)21(4)17(23)14-7-5-6-13(11-14)16-19-8-9-20(16)3/h5-9,11-12H,10H2,1-4H3,(H,18,22)/t12-/m0/s1. The van der Waals surface area contributed by atoms with Crippen LogP contribution in [0.2, 0.25) is 0 Å². The van der Waals surface area contributed by atoms with Gasteiger partial charge in [-0.25, -0.2) is 4.98 Å². The van der Waals surface area contributed by atoms with Gasteiger partial charge < -0.3 is 14.8 Å². The Hall–Kier alpha value is -2.63. The molecule has 0 aliphatic rings. The number of amides is 2. The maximum absolute atomic E-state index is 12.6. The lowest BCUT2D eigenvalue weighted by atomic mass is 10.1. The van der Waals surface area contributed by atoms with E-state index in [2.05, 4.69) is 10.3 Å². The number of aromatic nitrogens is 2. The SMILES string of the molecule is CNC(=O)C[C@H](C)N(C)C(=O)c1cccc(-c2nccn2C)c1. The molecule has 1 atom stereocenters. The molecule has 0 aliphatic carbocycles. The fourth-order valence-corrected chi connectivity index (χ4v) is 2.35. The zero-order chi connectivity index (χ0) is 17.0. The van der Waals surface area contributed by atoms with E-state index in [0.717, 1.165) is 11.4 Å². The minimum absolute atomic E-state index is 0.0843. The normalized spacial score (nSPS) is 11.8. The Morgan fingerprint density at radius 2 is 2.13 bits per heavy atom. The van der Waals surface area contributed by atoms with Crippen LogP contribution in [0.1, 0.15) is 23.7 Å². The lowest BCUT2D eigenvalue weighted by Gasteiger charge is -2.24. The Morgan fingerprint density at radius 3 is 2.74 bits per heavy atom. The first-order valence-electron chi connectivity index (χ1n) is 7.49. The van der Waals surface area contributed by atoms with E-state index in [-0.39, 0.29) is 24.3 Å². The molecule has 0 spiro atoms. The summed E-state index contributed by atoms with van der Waals surface area (Å²) in [6, 6.07) is 7.19. The van der Waals surface area contributed by atoms with Crippen molar-refractivity contribution in [1.29, 1.82) is 0 Å². The topological polar surface area (TPSA) is 67.2 Å². The maximum atomic E-state index is 12.6. The molecule has 0 radical (unpaired) electrons. The van der Waals surface area contributed by atoms with Crippen molar-refractivity contribution in [2.75, 3.05) is 14.1 Å². The summed E-state index contributed by atoms with van der Waals surface area (Å²) in [5, 5.41) is 2.58. The van der Waals surface area contributed by atoms with Gasteiger partial charge in [0.25, 0.3) is 5.91 Å². The highest BCUT2D eigenvalue weighted by atomic mass is 16.2. The first-order chi connectivity index (χ1) is 10.9.